The highest BCUT2D eigenvalue weighted by Crippen LogP contribution is 2.35. The molecule has 2 aliphatic rings. The summed E-state index contributed by atoms with van der Waals surface area (Å²) in [5, 5.41) is 24.4. The topological polar surface area (TPSA) is 280 Å². The summed E-state index contributed by atoms with van der Waals surface area (Å²) in [5.41, 5.74) is 15.8. The minimum Gasteiger partial charge on any atom is -0.384 e. The van der Waals surface area contributed by atoms with Gasteiger partial charge in [-0.05, 0) is 94.8 Å². The van der Waals surface area contributed by atoms with E-state index in [2.05, 4.69) is 25.3 Å². The quantitative estimate of drug-likeness (QED) is 0.0511. The predicted octanol–water partition coefficient (Wildman–Crippen LogP) is 8.15. The largest absolute Gasteiger partial charge is 0.384 e. The Balaban J connectivity index is 0.000000290. The number of nitrogen functional groups attached to an aromatic ring is 2. The molecule has 2 atom stereocenters. The van der Waals surface area contributed by atoms with Crippen LogP contribution in [0.5, 0.6) is 0 Å². The van der Waals surface area contributed by atoms with Crippen LogP contribution in [-0.4, -0.2) is 88.3 Å². The summed E-state index contributed by atoms with van der Waals surface area (Å²) in [5.74, 6) is 0.317. The number of ketones is 1. The molecule has 3 aromatic carbocycles. The molecule has 2 fully saturated rings. The minimum absolute atomic E-state index is 0.00383. The van der Waals surface area contributed by atoms with E-state index in [0.717, 1.165) is 47.5 Å². The molecule has 4 aromatic heterocycles. The Morgan fingerprint density at radius 1 is 0.704 bits per heavy atom. The number of H-pyrrole nitrogens is 1. The first-order valence-electron chi connectivity index (χ1n) is 22.3. The van der Waals surface area contributed by atoms with Gasteiger partial charge in [0.1, 0.15) is 35.7 Å². The van der Waals surface area contributed by atoms with Crippen molar-refractivity contribution in [3.63, 3.8) is 0 Å². The Labute approximate surface area is 425 Å². The van der Waals surface area contributed by atoms with Crippen LogP contribution in [0.3, 0.4) is 0 Å². The van der Waals surface area contributed by atoms with Crippen LogP contribution in [0.2, 0.25) is 5.02 Å². The maximum absolute atomic E-state index is 13.4. The van der Waals surface area contributed by atoms with E-state index in [1.54, 1.807) is 16.0 Å². The zero-order chi connectivity index (χ0) is 50.6. The molecule has 0 spiro atoms. The van der Waals surface area contributed by atoms with E-state index in [9.17, 15) is 39.4 Å². The molecule has 7 aromatic rings. The Bertz CT molecular complexity index is 3050. The van der Waals surface area contributed by atoms with Crippen LogP contribution in [0.15, 0.2) is 128 Å². The van der Waals surface area contributed by atoms with Gasteiger partial charge in [-0.2, -0.15) is 0 Å². The molecule has 6 heterocycles. The molecule has 0 bridgehead atoms. The zero-order valence-electron chi connectivity index (χ0n) is 38.0. The van der Waals surface area contributed by atoms with Crippen molar-refractivity contribution in [2.45, 2.75) is 57.0 Å². The second kappa shape index (κ2) is 23.6. The molecule has 71 heavy (non-hydrogen) atoms. The third-order valence-corrected chi connectivity index (χ3v) is 13.0. The first-order valence-corrected chi connectivity index (χ1v) is 23.8. The number of nitrogens with two attached hydrogens (primary N) is 2. The standard InChI is InChI=1S/C40H38ClN5O4.C5H4IN3O2.C5H5N3O2/c41-37-31-21-28(22-34(47)32-13-7-19-45(32)35(48)23-26-9-3-1-4-10-26)25-42-39(31)44-38(37)29-15-17-30(18-16-29)43-40(50)33-14-8-20-46(33)36(49)24-27-11-5-2-6-12-27;6-4-1-3(9(10)11)2-8-5(4)7;6-5-2-1-4(3-7-5)8(9)10/h1-6,9-12,15-18,21,25,32-33H,7-8,13-14,19-20,22-24H2,(H,42,44)(H,43,50);1-2H,(H2,7,8);1-3H,(H2,6,7)/t32-,33-;;/m0../s1. The molecule has 19 nitrogen and oxygen atoms in total. The molecule has 9 rings (SSSR count). The number of amides is 3. The van der Waals surface area contributed by atoms with Crippen molar-refractivity contribution in [2.75, 3.05) is 29.9 Å². The Hall–Kier alpha value is -7.85. The fraction of sp³-hybridized carbons (Fsp3) is 0.220. The molecule has 0 aliphatic carbocycles. The van der Waals surface area contributed by atoms with Crippen molar-refractivity contribution >= 4 is 97.4 Å². The van der Waals surface area contributed by atoms with Gasteiger partial charge in [-0.15, -0.1) is 0 Å². The number of hydrogen-bond donors (Lipinski definition) is 4. The van der Waals surface area contributed by atoms with Gasteiger partial charge in [-0.25, -0.2) is 15.0 Å². The van der Waals surface area contributed by atoms with Crippen LogP contribution in [0, 0.1) is 23.8 Å². The number of halogens is 2. The number of carbonyl (C=O) groups is 4. The smallest absolute Gasteiger partial charge is 0.288 e. The van der Waals surface area contributed by atoms with Crippen molar-refractivity contribution in [1.29, 1.82) is 0 Å². The van der Waals surface area contributed by atoms with Crippen molar-refractivity contribution < 1.29 is 29.0 Å². The number of aromatic nitrogens is 4. The number of carbonyl (C=O) groups excluding carboxylic acids is 4. The third kappa shape index (κ3) is 13.3. The Kier molecular flexibility index (Phi) is 17.0. The molecule has 364 valence electrons. The third-order valence-electron chi connectivity index (χ3n) is 11.7. The van der Waals surface area contributed by atoms with Crippen LogP contribution >= 0.6 is 34.2 Å². The maximum atomic E-state index is 13.4. The van der Waals surface area contributed by atoms with E-state index in [4.69, 9.17) is 23.1 Å². The summed E-state index contributed by atoms with van der Waals surface area (Å²) >= 11 is 8.76. The van der Waals surface area contributed by atoms with Gasteiger partial charge in [0.2, 0.25) is 17.7 Å². The van der Waals surface area contributed by atoms with Crippen molar-refractivity contribution in [3.8, 4) is 11.3 Å². The molecular weight excluding hydrogens is 1040 g/mol. The molecular formula is C50H47ClIN11O8. The Morgan fingerprint density at radius 2 is 1.28 bits per heavy atom. The number of hydrogen-bond acceptors (Lipinski definition) is 13. The summed E-state index contributed by atoms with van der Waals surface area (Å²) < 4.78 is 0.594. The lowest BCUT2D eigenvalue weighted by Gasteiger charge is -2.24. The molecule has 2 aliphatic heterocycles. The molecule has 0 radical (unpaired) electrons. The Morgan fingerprint density at radius 3 is 1.85 bits per heavy atom. The molecule has 21 heteroatoms. The van der Waals surface area contributed by atoms with E-state index < -0.39 is 21.9 Å². The summed E-state index contributed by atoms with van der Waals surface area (Å²) in [6.07, 6.45) is 7.52. The number of Topliss-reactive ketones (excluding diaryl/α,β-unsaturated/α-hetero) is 1. The van der Waals surface area contributed by atoms with Gasteiger partial charge in [0.25, 0.3) is 11.4 Å². The van der Waals surface area contributed by atoms with Crippen molar-refractivity contribution in [1.82, 2.24) is 29.7 Å². The number of likely N-dealkylation sites (tertiary alicyclic amines) is 2. The van der Waals surface area contributed by atoms with Crippen molar-refractivity contribution in [3.05, 3.63) is 173 Å². The maximum Gasteiger partial charge on any atom is 0.288 e. The van der Waals surface area contributed by atoms with Gasteiger partial charge in [0.15, 0.2) is 5.78 Å². The number of nitro groups is 2. The van der Waals surface area contributed by atoms with Crippen LogP contribution in [0.25, 0.3) is 22.3 Å². The predicted molar refractivity (Wildman–Crippen MR) is 277 cm³/mol. The van der Waals surface area contributed by atoms with Gasteiger partial charge in [0.05, 0.1) is 43.0 Å². The highest BCUT2D eigenvalue weighted by atomic mass is 127. The summed E-state index contributed by atoms with van der Waals surface area (Å²) in [6.45, 7) is 1.15. The van der Waals surface area contributed by atoms with Gasteiger partial charge >= 0.3 is 0 Å². The van der Waals surface area contributed by atoms with Crippen LogP contribution in [0.4, 0.5) is 28.7 Å². The number of benzene rings is 3. The van der Waals surface area contributed by atoms with E-state index in [-0.39, 0.29) is 60.0 Å². The number of rotatable bonds is 12. The van der Waals surface area contributed by atoms with Gasteiger partial charge in [-0.1, -0.05) is 84.4 Å². The average molecular weight is 1090 g/mol. The van der Waals surface area contributed by atoms with E-state index >= 15 is 0 Å². The number of aromatic amines is 1. The zero-order valence-corrected chi connectivity index (χ0v) is 40.9. The number of pyridine rings is 3. The van der Waals surface area contributed by atoms with Gasteiger partial charge < -0.3 is 31.6 Å². The number of nitrogens with zero attached hydrogens (tertiary/aromatic N) is 7. The summed E-state index contributed by atoms with van der Waals surface area (Å²) in [4.78, 5) is 90.4. The lowest BCUT2D eigenvalue weighted by molar-refractivity contribution is -0.385. The number of anilines is 3. The first-order chi connectivity index (χ1) is 34.1. The van der Waals surface area contributed by atoms with Gasteiger partial charge in [0, 0.05) is 48.9 Å². The minimum atomic E-state index is -0.521. The second-order valence-electron chi connectivity index (χ2n) is 16.6. The number of fused-ring (bicyclic) bond motifs is 1. The molecule has 3 amide bonds. The van der Waals surface area contributed by atoms with E-state index in [1.165, 1.54) is 18.2 Å². The fourth-order valence-corrected chi connectivity index (χ4v) is 8.93. The normalized spacial score (nSPS) is 15.0. The monoisotopic (exact) mass is 1090 g/mol. The second-order valence-corrected chi connectivity index (χ2v) is 18.1. The first kappa shape index (κ1) is 51.0. The van der Waals surface area contributed by atoms with Crippen LogP contribution < -0.4 is 16.8 Å². The SMILES string of the molecule is Nc1ccc([N+](=O)[O-])cn1.Nc1ncc([N+](=O)[O-])cc1I.O=C(Cc1cnc2[nH]c(-c3ccc(NC(=O)[C@@H]4CCCN4C(=O)Cc4ccccc4)cc3)c(Cl)c2c1)[C@@H]1CCCN1C(=O)Cc1ccccc1. The summed E-state index contributed by atoms with van der Waals surface area (Å²) in [7, 11) is 0. The fourth-order valence-electron chi connectivity index (χ4n) is 8.17. The number of nitrogens with one attached hydrogen (secondary N) is 2. The molecule has 2 saturated heterocycles. The van der Waals surface area contributed by atoms with Gasteiger partial charge in [-0.3, -0.25) is 39.4 Å². The lowest BCUT2D eigenvalue weighted by Crippen LogP contribution is -2.43. The molecule has 0 saturated carbocycles. The van der Waals surface area contributed by atoms with Crippen LogP contribution in [-0.2, 0) is 38.4 Å². The van der Waals surface area contributed by atoms with Crippen LogP contribution in [0.1, 0.15) is 42.4 Å². The molecule has 0 unspecified atom stereocenters. The molecule has 6 N–H and O–H groups in total. The average Bonchev–Trinajstić information content (AvgIpc) is 4.14. The highest BCUT2D eigenvalue weighted by Gasteiger charge is 2.35. The lowest BCUT2D eigenvalue weighted by atomic mass is 10.0. The highest BCUT2D eigenvalue weighted by molar-refractivity contribution is 14.1. The van der Waals surface area contributed by atoms with E-state index in [1.807, 2.05) is 114 Å². The van der Waals surface area contributed by atoms with Crippen molar-refractivity contribution in [2.24, 2.45) is 0 Å². The van der Waals surface area contributed by atoms with E-state index in [0.29, 0.717) is 62.8 Å². The summed E-state index contributed by atoms with van der Waals surface area (Å²) in [6, 6.07) is 31.5.